The number of para-hydroxylation sites is 1. The summed E-state index contributed by atoms with van der Waals surface area (Å²) in [6.07, 6.45) is 6.78. The highest BCUT2D eigenvalue weighted by Crippen LogP contribution is 2.36. The molecule has 4 aromatic rings. The van der Waals surface area contributed by atoms with E-state index in [4.69, 9.17) is 22.1 Å². The number of pyridine rings is 1. The highest BCUT2D eigenvalue weighted by Gasteiger charge is 2.32. The topological polar surface area (TPSA) is 83.0 Å². The molecule has 0 bridgehead atoms. The zero-order chi connectivity index (χ0) is 29.8. The maximum absolute atomic E-state index is 13.5. The van der Waals surface area contributed by atoms with E-state index in [0.29, 0.717) is 28.8 Å². The van der Waals surface area contributed by atoms with Crippen molar-refractivity contribution in [1.29, 1.82) is 0 Å². The van der Waals surface area contributed by atoms with Gasteiger partial charge in [0.1, 0.15) is 16.7 Å². The van der Waals surface area contributed by atoms with Gasteiger partial charge >= 0.3 is 5.97 Å². The fourth-order valence-corrected chi connectivity index (χ4v) is 6.68. The van der Waals surface area contributed by atoms with Crippen molar-refractivity contribution in [2.24, 2.45) is 0 Å². The number of carboxylic acid groups (broad SMARTS) is 1. The number of rotatable bonds is 10. The lowest BCUT2D eigenvalue weighted by Crippen LogP contribution is -2.30. The summed E-state index contributed by atoms with van der Waals surface area (Å²) in [5.41, 5.74) is 4.90. The first-order valence-electron chi connectivity index (χ1n) is 14.4. The SMILES string of the molecule is O=C(O)c1ccc(CCN2C(=O)C(=Cc3cc(-c4cnc5ccccc5c4)ccc3OCCN3CCCC3)SC2=S)cc1. The predicted molar refractivity (Wildman–Crippen MR) is 175 cm³/mol. The van der Waals surface area contributed by atoms with Crippen LogP contribution in [0.5, 0.6) is 5.75 Å². The lowest BCUT2D eigenvalue weighted by atomic mass is 10.0. The lowest BCUT2D eigenvalue weighted by molar-refractivity contribution is -0.122. The summed E-state index contributed by atoms with van der Waals surface area (Å²) in [5.74, 6) is -0.382. The molecule has 0 aliphatic carbocycles. The maximum atomic E-state index is 13.5. The summed E-state index contributed by atoms with van der Waals surface area (Å²) < 4.78 is 6.78. The molecule has 1 amide bonds. The number of fused-ring (bicyclic) bond motifs is 1. The molecule has 2 aliphatic rings. The van der Waals surface area contributed by atoms with E-state index in [1.165, 1.54) is 24.6 Å². The Morgan fingerprint density at radius 2 is 1.79 bits per heavy atom. The van der Waals surface area contributed by atoms with Gasteiger partial charge in [0.05, 0.1) is 16.0 Å². The fourth-order valence-electron chi connectivity index (χ4n) is 5.38. The van der Waals surface area contributed by atoms with Gasteiger partial charge in [-0.3, -0.25) is 19.6 Å². The van der Waals surface area contributed by atoms with E-state index in [-0.39, 0.29) is 11.5 Å². The minimum Gasteiger partial charge on any atom is -0.492 e. The first-order chi connectivity index (χ1) is 20.9. The van der Waals surface area contributed by atoms with E-state index in [1.807, 2.05) is 48.7 Å². The van der Waals surface area contributed by atoms with E-state index >= 15 is 0 Å². The summed E-state index contributed by atoms with van der Waals surface area (Å²) in [6, 6.07) is 22.9. The molecule has 0 unspecified atom stereocenters. The number of amides is 1. The van der Waals surface area contributed by atoms with Gasteiger partial charge in [0.25, 0.3) is 5.91 Å². The first kappa shape index (κ1) is 29.0. The highest BCUT2D eigenvalue weighted by atomic mass is 32.2. The van der Waals surface area contributed by atoms with Gasteiger partial charge in [-0.2, -0.15) is 0 Å². The van der Waals surface area contributed by atoms with E-state index in [1.54, 1.807) is 29.2 Å². The molecule has 2 saturated heterocycles. The molecule has 3 aromatic carbocycles. The molecule has 1 N–H and O–H groups in total. The predicted octanol–water partition coefficient (Wildman–Crippen LogP) is 6.52. The van der Waals surface area contributed by atoms with Crippen LogP contribution in [0.15, 0.2) is 83.9 Å². The summed E-state index contributed by atoms with van der Waals surface area (Å²) in [5, 5.41) is 10.2. The second kappa shape index (κ2) is 13.1. The number of aromatic carboxylic acids is 1. The molecule has 43 heavy (non-hydrogen) atoms. The smallest absolute Gasteiger partial charge is 0.335 e. The average molecular weight is 610 g/mol. The Balaban J connectivity index is 1.24. The lowest BCUT2D eigenvalue weighted by Gasteiger charge is -2.17. The van der Waals surface area contributed by atoms with Crippen molar-refractivity contribution in [3.8, 4) is 16.9 Å². The molecule has 1 aromatic heterocycles. The molecule has 0 atom stereocenters. The van der Waals surface area contributed by atoms with Gasteiger partial charge in [0.2, 0.25) is 0 Å². The maximum Gasteiger partial charge on any atom is 0.335 e. The Hall–Kier alpha value is -4.05. The highest BCUT2D eigenvalue weighted by molar-refractivity contribution is 8.26. The van der Waals surface area contributed by atoms with Gasteiger partial charge in [-0.25, -0.2) is 4.79 Å². The van der Waals surface area contributed by atoms with E-state index < -0.39 is 5.97 Å². The van der Waals surface area contributed by atoms with Crippen LogP contribution in [0.1, 0.15) is 34.3 Å². The third-order valence-electron chi connectivity index (χ3n) is 7.78. The Morgan fingerprint density at radius 3 is 2.58 bits per heavy atom. The van der Waals surface area contributed by atoms with E-state index in [9.17, 15) is 9.59 Å². The normalized spacial score (nSPS) is 16.5. The number of carbonyl (C=O) groups is 2. The summed E-state index contributed by atoms with van der Waals surface area (Å²) in [7, 11) is 0. The zero-order valence-corrected chi connectivity index (χ0v) is 25.2. The number of likely N-dealkylation sites (tertiary alicyclic amines) is 1. The summed E-state index contributed by atoms with van der Waals surface area (Å²) in [4.78, 5) is 33.9. The first-order valence-corrected chi connectivity index (χ1v) is 15.6. The molecule has 7 nitrogen and oxygen atoms in total. The van der Waals surface area contributed by atoms with Gasteiger partial charge in [-0.05, 0) is 86.0 Å². The second-order valence-corrected chi connectivity index (χ2v) is 12.3. The number of nitrogens with zero attached hydrogens (tertiary/aromatic N) is 3. The Morgan fingerprint density at radius 1 is 1.00 bits per heavy atom. The van der Waals surface area contributed by atoms with Crippen LogP contribution >= 0.6 is 24.0 Å². The number of thioether (sulfide) groups is 1. The van der Waals surface area contributed by atoms with Crippen molar-refractivity contribution in [3.05, 3.63) is 101 Å². The molecule has 2 aliphatic heterocycles. The molecular weight excluding hydrogens is 579 g/mol. The largest absolute Gasteiger partial charge is 0.492 e. The average Bonchev–Trinajstić information content (AvgIpc) is 3.64. The number of thiocarbonyl (C=S) groups is 1. The van der Waals surface area contributed by atoms with Crippen LogP contribution in [0.3, 0.4) is 0 Å². The Kier molecular flexibility index (Phi) is 8.83. The van der Waals surface area contributed by atoms with Crippen LogP contribution < -0.4 is 4.74 Å². The molecule has 0 radical (unpaired) electrons. The fraction of sp³-hybridized carbons (Fsp3) is 0.235. The van der Waals surface area contributed by atoms with Gasteiger partial charge in [-0.1, -0.05) is 60.4 Å². The van der Waals surface area contributed by atoms with Crippen LogP contribution in [0.2, 0.25) is 0 Å². The zero-order valence-electron chi connectivity index (χ0n) is 23.6. The van der Waals surface area contributed by atoms with Crippen LogP contribution in [0.25, 0.3) is 28.1 Å². The number of benzene rings is 3. The molecule has 2 fully saturated rings. The third kappa shape index (κ3) is 6.80. The molecule has 0 saturated carbocycles. The molecular formula is C34H31N3O4S2. The third-order valence-corrected chi connectivity index (χ3v) is 9.16. The van der Waals surface area contributed by atoms with Crippen molar-refractivity contribution in [1.82, 2.24) is 14.8 Å². The number of hydrogen-bond acceptors (Lipinski definition) is 7. The quantitative estimate of drug-likeness (QED) is 0.161. The van der Waals surface area contributed by atoms with Crippen LogP contribution in [-0.2, 0) is 11.2 Å². The number of aromatic nitrogens is 1. The second-order valence-electron chi connectivity index (χ2n) is 10.7. The van der Waals surface area contributed by atoms with Gasteiger partial charge in [0, 0.05) is 35.8 Å². The Labute approximate surface area is 260 Å². The molecule has 0 spiro atoms. The number of ether oxygens (including phenoxy) is 1. The van der Waals surface area contributed by atoms with E-state index in [0.717, 1.165) is 58.5 Å². The number of carboxylic acids is 1. The van der Waals surface area contributed by atoms with Crippen LogP contribution in [0, 0.1) is 0 Å². The van der Waals surface area contributed by atoms with Crippen LogP contribution in [0.4, 0.5) is 0 Å². The summed E-state index contributed by atoms with van der Waals surface area (Å²) in [6.45, 7) is 4.06. The minimum absolute atomic E-state index is 0.141. The van der Waals surface area contributed by atoms with Gasteiger partial charge in [0.15, 0.2) is 0 Å². The number of carbonyl (C=O) groups excluding carboxylic acids is 1. The van der Waals surface area contributed by atoms with Crippen molar-refractivity contribution >= 4 is 57.2 Å². The monoisotopic (exact) mass is 609 g/mol. The van der Waals surface area contributed by atoms with Gasteiger partial charge in [-0.15, -0.1) is 0 Å². The number of hydrogen-bond donors (Lipinski definition) is 1. The minimum atomic E-state index is -0.964. The summed E-state index contributed by atoms with van der Waals surface area (Å²) >= 11 is 6.89. The molecule has 6 rings (SSSR count). The molecule has 218 valence electrons. The Bertz CT molecular complexity index is 1710. The molecule has 3 heterocycles. The van der Waals surface area contributed by atoms with Crippen molar-refractivity contribution < 1.29 is 19.4 Å². The van der Waals surface area contributed by atoms with Crippen molar-refractivity contribution in [3.63, 3.8) is 0 Å². The van der Waals surface area contributed by atoms with Crippen molar-refractivity contribution in [2.45, 2.75) is 19.3 Å². The van der Waals surface area contributed by atoms with Crippen LogP contribution in [-0.4, -0.2) is 68.9 Å². The van der Waals surface area contributed by atoms with Gasteiger partial charge < -0.3 is 9.84 Å². The van der Waals surface area contributed by atoms with Crippen molar-refractivity contribution in [2.75, 3.05) is 32.8 Å². The molecule has 9 heteroatoms. The van der Waals surface area contributed by atoms with E-state index in [2.05, 4.69) is 22.0 Å². The standard InChI is InChI=1S/C34H31N3O4S2/c38-32-31(43-34(42)37(32)16-13-23-7-9-24(10-8-23)33(39)40)21-27-19-25(28-20-26-5-1-2-6-29(26)35-22-28)11-12-30(27)41-18-17-36-14-3-4-15-36/h1-2,5-12,19-22H,3-4,13-18H2,(H,39,40).